The molecule has 1 aromatic rings. The van der Waals surface area contributed by atoms with Crippen molar-refractivity contribution in [2.24, 2.45) is 0 Å². The van der Waals surface area contributed by atoms with Crippen molar-refractivity contribution in [2.45, 2.75) is 6.54 Å². The summed E-state index contributed by atoms with van der Waals surface area (Å²) in [7, 11) is 1.62. The molecule has 1 rings (SSSR count). The van der Waals surface area contributed by atoms with Crippen LogP contribution in [0.5, 0.6) is 0 Å². The van der Waals surface area contributed by atoms with E-state index < -0.39 is 5.97 Å². The van der Waals surface area contributed by atoms with Gasteiger partial charge in [0.2, 0.25) is 0 Å². The average Bonchev–Trinajstić information content (AvgIpc) is 2.39. The highest BCUT2D eigenvalue weighted by Gasteiger charge is 2.10. The smallest absolute Gasteiger partial charge is 0.317 e. The quantitative estimate of drug-likeness (QED) is 0.646. The fourth-order valence-electron chi connectivity index (χ4n) is 1.68. The third kappa shape index (κ3) is 7.56. The second-order valence-corrected chi connectivity index (χ2v) is 4.20. The fraction of sp³-hybridized carbons (Fsp3) is 0.500. The van der Waals surface area contributed by atoms with Crippen LogP contribution >= 0.6 is 0 Å². The zero-order chi connectivity index (χ0) is 13.9. The fourth-order valence-corrected chi connectivity index (χ4v) is 1.68. The molecule has 0 atom stereocenters. The molecule has 0 aromatic heterocycles. The Labute approximate surface area is 113 Å². The van der Waals surface area contributed by atoms with E-state index in [2.05, 4.69) is 0 Å². The monoisotopic (exact) mass is 267 g/mol. The first kappa shape index (κ1) is 15.6. The third-order valence-electron chi connectivity index (χ3n) is 2.59. The first-order valence-electron chi connectivity index (χ1n) is 6.27. The Morgan fingerprint density at radius 2 is 1.95 bits per heavy atom. The average molecular weight is 267 g/mol. The van der Waals surface area contributed by atoms with E-state index in [1.54, 1.807) is 7.11 Å². The molecule has 5 heteroatoms. The second-order valence-electron chi connectivity index (χ2n) is 4.20. The molecule has 0 spiro atoms. The lowest BCUT2D eigenvalue weighted by atomic mass is 10.2. The van der Waals surface area contributed by atoms with Crippen molar-refractivity contribution in [3.8, 4) is 0 Å². The molecule has 0 bridgehead atoms. The van der Waals surface area contributed by atoms with Crippen LogP contribution in [0, 0.1) is 0 Å². The van der Waals surface area contributed by atoms with E-state index in [-0.39, 0.29) is 6.54 Å². The van der Waals surface area contributed by atoms with Crippen molar-refractivity contribution in [1.82, 2.24) is 4.90 Å². The standard InChI is InChI=1S/C14H21NO4/c1-18-9-10-19-8-7-15(12-14(16)17)11-13-5-3-2-4-6-13/h2-6H,7-12H2,1H3,(H,16,17). The highest BCUT2D eigenvalue weighted by Crippen LogP contribution is 2.04. The van der Waals surface area contributed by atoms with Gasteiger partial charge in [-0.15, -0.1) is 0 Å². The van der Waals surface area contributed by atoms with Crippen LogP contribution in [0.4, 0.5) is 0 Å². The molecule has 0 heterocycles. The number of carboxylic acids is 1. The van der Waals surface area contributed by atoms with Gasteiger partial charge in [0.1, 0.15) is 0 Å². The summed E-state index contributed by atoms with van der Waals surface area (Å²) in [5, 5.41) is 8.90. The van der Waals surface area contributed by atoms with Crippen molar-refractivity contribution >= 4 is 5.97 Å². The third-order valence-corrected chi connectivity index (χ3v) is 2.59. The number of hydrogen-bond acceptors (Lipinski definition) is 4. The van der Waals surface area contributed by atoms with E-state index in [0.29, 0.717) is 32.9 Å². The van der Waals surface area contributed by atoms with Gasteiger partial charge < -0.3 is 14.6 Å². The summed E-state index contributed by atoms with van der Waals surface area (Å²) in [6.45, 7) is 2.80. The van der Waals surface area contributed by atoms with Crippen LogP contribution in [-0.2, 0) is 20.8 Å². The normalized spacial score (nSPS) is 10.8. The first-order chi connectivity index (χ1) is 9.22. The van der Waals surface area contributed by atoms with Crippen LogP contribution in [0.15, 0.2) is 30.3 Å². The van der Waals surface area contributed by atoms with Crippen molar-refractivity contribution in [3.05, 3.63) is 35.9 Å². The van der Waals surface area contributed by atoms with Gasteiger partial charge in [-0.05, 0) is 5.56 Å². The molecule has 0 aliphatic carbocycles. The molecule has 0 saturated heterocycles. The van der Waals surface area contributed by atoms with Gasteiger partial charge in [0.15, 0.2) is 0 Å². The summed E-state index contributed by atoms with van der Waals surface area (Å²) < 4.78 is 10.2. The SMILES string of the molecule is COCCOCCN(CC(=O)O)Cc1ccccc1. The van der Waals surface area contributed by atoms with Gasteiger partial charge in [0.05, 0.1) is 26.4 Å². The van der Waals surface area contributed by atoms with Crippen molar-refractivity contribution < 1.29 is 19.4 Å². The Hall–Kier alpha value is -1.43. The predicted molar refractivity (Wildman–Crippen MR) is 72.0 cm³/mol. The van der Waals surface area contributed by atoms with Gasteiger partial charge in [-0.3, -0.25) is 9.69 Å². The molecule has 0 amide bonds. The lowest BCUT2D eigenvalue weighted by Crippen LogP contribution is -2.32. The molecule has 19 heavy (non-hydrogen) atoms. The van der Waals surface area contributed by atoms with E-state index in [0.717, 1.165) is 5.56 Å². The van der Waals surface area contributed by atoms with Crippen molar-refractivity contribution in [2.75, 3.05) is 40.0 Å². The van der Waals surface area contributed by atoms with E-state index >= 15 is 0 Å². The molecular weight excluding hydrogens is 246 g/mol. The second kappa shape index (κ2) is 9.49. The van der Waals surface area contributed by atoms with E-state index in [4.69, 9.17) is 14.6 Å². The van der Waals surface area contributed by atoms with Gasteiger partial charge >= 0.3 is 5.97 Å². The minimum absolute atomic E-state index is 0.0164. The summed E-state index contributed by atoms with van der Waals surface area (Å²) in [5.41, 5.74) is 1.10. The zero-order valence-electron chi connectivity index (χ0n) is 11.2. The van der Waals surface area contributed by atoms with Crippen LogP contribution in [0.2, 0.25) is 0 Å². The highest BCUT2D eigenvalue weighted by atomic mass is 16.5. The summed E-state index contributed by atoms with van der Waals surface area (Å²) in [6, 6.07) is 9.81. The number of rotatable bonds is 10. The van der Waals surface area contributed by atoms with Gasteiger partial charge in [0.25, 0.3) is 0 Å². The Balaban J connectivity index is 2.36. The van der Waals surface area contributed by atoms with Crippen LogP contribution in [-0.4, -0.2) is 56.0 Å². The number of carboxylic acid groups (broad SMARTS) is 1. The molecule has 0 radical (unpaired) electrons. The summed E-state index contributed by atoms with van der Waals surface area (Å²) in [4.78, 5) is 12.7. The predicted octanol–water partition coefficient (Wildman–Crippen LogP) is 1.24. The lowest BCUT2D eigenvalue weighted by Gasteiger charge is -2.20. The first-order valence-corrected chi connectivity index (χ1v) is 6.27. The maximum atomic E-state index is 10.8. The highest BCUT2D eigenvalue weighted by molar-refractivity contribution is 5.69. The summed E-state index contributed by atoms with van der Waals surface area (Å²) in [6.07, 6.45) is 0. The van der Waals surface area contributed by atoms with E-state index in [1.165, 1.54) is 0 Å². The number of ether oxygens (including phenoxy) is 2. The number of carbonyl (C=O) groups is 1. The Kier molecular flexibility index (Phi) is 7.81. The van der Waals surface area contributed by atoms with Gasteiger partial charge in [-0.1, -0.05) is 30.3 Å². The number of aliphatic carboxylic acids is 1. The molecule has 0 saturated carbocycles. The minimum Gasteiger partial charge on any atom is -0.480 e. The maximum Gasteiger partial charge on any atom is 0.317 e. The summed E-state index contributed by atoms with van der Waals surface area (Å²) >= 11 is 0. The maximum absolute atomic E-state index is 10.8. The van der Waals surface area contributed by atoms with Crippen LogP contribution in [0.3, 0.4) is 0 Å². The van der Waals surface area contributed by atoms with Crippen LogP contribution in [0.1, 0.15) is 5.56 Å². The van der Waals surface area contributed by atoms with Crippen LogP contribution in [0.25, 0.3) is 0 Å². The van der Waals surface area contributed by atoms with E-state index in [9.17, 15) is 4.79 Å². The molecule has 1 aromatic carbocycles. The number of hydrogen-bond donors (Lipinski definition) is 1. The Morgan fingerprint density at radius 1 is 1.21 bits per heavy atom. The molecule has 106 valence electrons. The van der Waals surface area contributed by atoms with Gasteiger partial charge in [-0.2, -0.15) is 0 Å². The van der Waals surface area contributed by atoms with Gasteiger partial charge in [-0.25, -0.2) is 0 Å². The summed E-state index contributed by atoms with van der Waals surface area (Å²) in [5.74, 6) is -0.826. The number of benzene rings is 1. The Bertz CT molecular complexity index is 356. The molecule has 5 nitrogen and oxygen atoms in total. The van der Waals surface area contributed by atoms with E-state index in [1.807, 2.05) is 35.2 Å². The molecule has 0 unspecified atom stereocenters. The van der Waals surface area contributed by atoms with Crippen molar-refractivity contribution in [3.63, 3.8) is 0 Å². The van der Waals surface area contributed by atoms with Crippen LogP contribution < -0.4 is 0 Å². The zero-order valence-corrected chi connectivity index (χ0v) is 11.2. The Morgan fingerprint density at radius 3 is 2.58 bits per heavy atom. The lowest BCUT2D eigenvalue weighted by molar-refractivity contribution is -0.138. The number of nitrogens with zero attached hydrogens (tertiary/aromatic N) is 1. The van der Waals surface area contributed by atoms with Gasteiger partial charge in [0, 0.05) is 20.2 Å². The molecule has 1 N–H and O–H groups in total. The molecule has 0 aliphatic heterocycles. The molecule has 0 fully saturated rings. The minimum atomic E-state index is -0.826. The van der Waals surface area contributed by atoms with Crippen molar-refractivity contribution in [1.29, 1.82) is 0 Å². The molecule has 0 aliphatic rings. The largest absolute Gasteiger partial charge is 0.480 e. The topological polar surface area (TPSA) is 59.0 Å². The molecular formula is C14H21NO4. The number of methoxy groups -OCH3 is 1.